The molecule has 1 aliphatic heterocycles. The van der Waals surface area contributed by atoms with E-state index in [0.29, 0.717) is 27.1 Å². The van der Waals surface area contributed by atoms with Crippen molar-refractivity contribution in [2.45, 2.75) is 6.04 Å². The molecule has 8 heteroatoms. The molecule has 0 saturated heterocycles. The standard InChI is InChI=1S/C22H15Cl2N5O/c1-28-19-10-7-15(21(30)13-5-8-16(23)9-6-13)12-18(19)20(29-22(28)25-26-27-29)14-3-2-4-17(24)11-14/h2-12,20H,1H3. The molecule has 0 spiro atoms. The van der Waals surface area contributed by atoms with Crippen LogP contribution in [0.3, 0.4) is 0 Å². The molecule has 0 radical (unpaired) electrons. The lowest BCUT2D eigenvalue weighted by Gasteiger charge is -2.32. The first-order valence-corrected chi connectivity index (χ1v) is 10.00. The van der Waals surface area contributed by atoms with Crippen molar-refractivity contribution in [3.05, 3.63) is 99.0 Å². The van der Waals surface area contributed by atoms with E-state index in [0.717, 1.165) is 16.8 Å². The van der Waals surface area contributed by atoms with Crippen molar-refractivity contribution in [1.29, 1.82) is 0 Å². The van der Waals surface area contributed by atoms with Crippen LogP contribution in [-0.4, -0.2) is 33.0 Å². The van der Waals surface area contributed by atoms with Crippen LogP contribution >= 0.6 is 23.2 Å². The molecule has 0 fully saturated rings. The summed E-state index contributed by atoms with van der Waals surface area (Å²) in [6, 6.07) is 19.8. The number of halogens is 2. The van der Waals surface area contributed by atoms with Gasteiger partial charge >= 0.3 is 0 Å². The van der Waals surface area contributed by atoms with E-state index in [1.54, 1.807) is 28.9 Å². The van der Waals surface area contributed by atoms with Gasteiger partial charge in [0.25, 0.3) is 5.95 Å². The fraction of sp³-hybridized carbons (Fsp3) is 0.0909. The average molecular weight is 436 g/mol. The highest BCUT2D eigenvalue weighted by Gasteiger charge is 2.33. The molecule has 1 aliphatic rings. The van der Waals surface area contributed by atoms with Gasteiger partial charge in [0.05, 0.1) is 0 Å². The Kier molecular flexibility index (Phi) is 4.53. The molecule has 0 saturated carbocycles. The van der Waals surface area contributed by atoms with E-state index in [4.69, 9.17) is 23.2 Å². The molecule has 3 aromatic carbocycles. The van der Waals surface area contributed by atoms with Gasteiger partial charge < -0.3 is 4.90 Å². The number of hydrogen-bond acceptors (Lipinski definition) is 5. The summed E-state index contributed by atoms with van der Waals surface area (Å²) in [5, 5.41) is 13.4. The zero-order chi connectivity index (χ0) is 20.8. The minimum Gasteiger partial charge on any atom is -0.312 e. The van der Waals surface area contributed by atoms with Crippen molar-refractivity contribution in [2.75, 3.05) is 11.9 Å². The summed E-state index contributed by atoms with van der Waals surface area (Å²) in [6.07, 6.45) is 0. The third kappa shape index (κ3) is 3.05. The summed E-state index contributed by atoms with van der Waals surface area (Å²) in [5.41, 5.74) is 3.93. The van der Waals surface area contributed by atoms with E-state index >= 15 is 0 Å². The normalized spacial score (nSPS) is 14.9. The van der Waals surface area contributed by atoms with Gasteiger partial charge in [-0.25, -0.2) is 0 Å². The molecule has 0 aliphatic carbocycles. The largest absolute Gasteiger partial charge is 0.312 e. The summed E-state index contributed by atoms with van der Waals surface area (Å²) in [4.78, 5) is 15.0. The molecule has 1 unspecified atom stereocenters. The Morgan fingerprint density at radius 2 is 1.70 bits per heavy atom. The van der Waals surface area contributed by atoms with Gasteiger partial charge in [0.2, 0.25) is 0 Å². The quantitative estimate of drug-likeness (QED) is 0.426. The van der Waals surface area contributed by atoms with Crippen molar-refractivity contribution in [1.82, 2.24) is 20.2 Å². The van der Waals surface area contributed by atoms with E-state index in [1.807, 2.05) is 54.4 Å². The predicted octanol–water partition coefficient (Wildman–Crippen LogP) is 4.93. The van der Waals surface area contributed by atoms with Crippen molar-refractivity contribution in [3.8, 4) is 0 Å². The summed E-state index contributed by atoms with van der Waals surface area (Å²) >= 11 is 12.2. The maximum Gasteiger partial charge on any atom is 0.250 e. The van der Waals surface area contributed by atoms with Gasteiger partial charge in [-0.1, -0.05) is 40.4 Å². The predicted molar refractivity (Wildman–Crippen MR) is 116 cm³/mol. The number of rotatable bonds is 3. The molecule has 4 aromatic rings. The van der Waals surface area contributed by atoms with Crippen LogP contribution in [-0.2, 0) is 0 Å². The summed E-state index contributed by atoms with van der Waals surface area (Å²) in [5.74, 6) is 0.536. The number of tetrazole rings is 1. The topological polar surface area (TPSA) is 63.9 Å². The molecule has 1 aromatic heterocycles. The lowest BCUT2D eigenvalue weighted by molar-refractivity contribution is 0.103. The van der Waals surface area contributed by atoms with Gasteiger partial charge in [0.15, 0.2) is 5.78 Å². The second-order valence-corrected chi connectivity index (χ2v) is 7.92. The number of ketones is 1. The first-order chi connectivity index (χ1) is 14.5. The number of hydrogen-bond donors (Lipinski definition) is 0. The lowest BCUT2D eigenvalue weighted by atomic mass is 9.92. The van der Waals surface area contributed by atoms with Crippen LogP contribution in [0.1, 0.15) is 33.1 Å². The first kappa shape index (κ1) is 18.8. The number of fused-ring (bicyclic) bond motifs is 2. The maximum absolute atomic E-state index is 13.1. The monoisotopic (exact) mass is 435 g/mol. The second-order valence-electron chi connectivity index (χ2n) is 7.05. The van der Waals surface area contributed by atoms with Crippen LogP contribution in [0.2, 0.25) is 10.0 Å². The second kappa shape index (κ2) is 7.23. The molecule has 5 rings (SSSR count). The molecule has 30 heavy (non-hydrogen) atoms. The fourth-order valence-corrected chi connectivity index (χ4v) is 4.13. The van der Waals surface area contributed by atoms with Crippen LogP contribution in [0.4, 0.5) is 11.6 Å². The van der Waals surface area contributed by atoms with Crippen molar-refractivity contribution < 1.29 is 4.79 Å². The van der Waals surface area contributed by atoms with Crippen LogP contribution in [0.5, 0.6) is 0 Å². The maximum atomic E-state index is 13.1. The van der Waals surface area contributed by atoms with Gasteiger partial charge in [-0.3, -0.25) is 4.79 Å². The fourth-order valence-electron chi connectivity index (χ4n) is 3.80. The van der Waals surface area contributed by atoms with Crippen LogP contribution in [0.15, 0.2) is 66.7 Å². The van der Waals surface area contributed by atoms with Gasteiger partial charge in [-0.05, 0) is 70.6 Å². The average Bonchev–Trinajstić information content (AvgIpc) is 3.23. The van der Waals surface area contributed by atoms with Crippen molar-refractivity contribution in [3.63, 3.8) is 0 Å². The Morgan fingerprint density at radius 3 is 2.47 bits per heavy atom. The van der Waals surface area contributed by atoms with Gasteiger partial charge in [-0.2, -0.15) is 4.68 Å². The van der Waals surface area contributed by atoms with Crippen LogP contribution in [0, 0.1) is 0 Å². The molecule has 0 N–H and O–H groups in total. The highest BCUT2D eigenvalue weighted by molar-refractivity contribution is 6.31. The third-order valence-electron chi connectivity index (χ3n) is 5.24. The highest BCUT2D eigenvalue weighted by Crippen LogP contribution is 2.42. The molecule has 1 atom stereocenters. The SMILES string of the molecule is CN1c2ccc(C(=O)c3ccc(Cl)cc3)cc2C(c2cccc(Cl)c2)n2nnnc21. The third-order valence-corrected chi connectivity index (χ3v) is 5.72. The molecule has 2 heterocycles. The minimum atomic E-state index is -0.308. The zero-order valence-electron chi connectivity index (χ0n) is 15.8. The minimum absolute atomic E-state index is 0.0792. The van der Waals surface area contributed by atoms with E-state index in [1.165, 1.54) is 0 Å². The van der Waals surface area contributed by atoms with Gasteiger partial charge in [0.1, 0.15) is 6.04 Å². The Hall–Kier alpha value is -3.22. The highest BCUT2D eigenvalue weighted by atomic mass is 35.5. The number of carbonyl (C=O) groups is 1. The van der Waals surface area contributed by atoms with Crippen molar-refractivity contribution in [2.24, 2.45) is 0 Å². The summed E-state index contributed by atoms with van der Waals surface area (Å²) < 4.78 is 1.74. The molecule has 0 bridgehead atoms. The smallest absolute Gasteiger partial charge is 0.250 e. The Labute approximate surface area is 182 Å². The van der Waals surface area contributed by atoms with E-state index < -0.39 is 0 Å². The number of carbonyl (C=O) groups excluding carboxylic acids is 1. The number of aromatic nitrogens is 4. The van der Waals surface area contributed by atoms with E-state index in [9.17, 15) is 4.79 Å². The van der Waals surface area contributed by atoms with Gasteiger partial charge in [-0.15, -0.1) is 0 Å². The van der Waals surface area contributed by atoms with Crippen LogP contribution < -0.4 is 4.90 Å². The molecular formula is C22H15Cl2N5O. The molecular weight excluding hydrogens is 421 g/mol. The Balaban J connectivity index is 1.67. The molecule has 6 nitrogen and oxygen atoms in total. The first-order valence-electron chi connectivity index (χ1n) is 9.24. The summed E-state index contributed by atoms with van der Waals surface area (Å²) in [7, 11) is 1.90. The number of benzene rings is 3. The number of anilines is 2. The van der Waals surface area contributed by atoms with E-state index in [-0.39, 0.29) is 11.8 Å². The summed E-state index contributed by atoms with van der Waals surface area (Å²) in [6.45, 7) is 0. The zero-order valence-corrected chi connectivity index (χ0v) is 17.3. The Morgan fingerprint density at radius 1 is 0.933 bits per heavy atom. The van der Waals surface area contributed by atoms with Crippen LogP contribution in [0.25, 0.3) is 0 Å². The van der Waals surface area contributed by atoms with Gasteiger partial charge in [0, 0.05) is 39.5 Å². The Bertz CT molecular complexity index is 1270. The number of nitrogens with zero attached hydrogens (tertiary/aromatic N) is 5. The van der Waals surface area contributed by atoms with E-state index in [2.05, 4.69) is 15.5 Å². The lowest BCUT2D eigenvalue weighted by Crippen LogP contribution is -2.28. The molecule has 0 amide bonds. The molecule has 148 valence electrons. The van der Waals surface area contributed by atoms with Crippen molar-refractivity contribution >= 4 is 40.6 Å².